The van der Waals surface area contributed by atoms with Crippen molar-refractivity contribution >= 4 is 27.5 Å². The van der Waals surface area contributed by atoms with Gasteiger partial charge in [-0.25, -0.2) is 0 Å². The molecule has 27 heavy (non-hydrogen) atoms. The fourth-order valence-electron chi connectivity index (χ4n) is 2.90. The molecule has 1 aromatic heterocycles. The molecule has 138 valence electrons. The predicted molar refractivity (Wildman–Crippen MR) is 95.9 cm³/mol. The van der Waals surface area contributed by atoms with Crippen molar-refractivity contribution in [3.05, 3.63) is 57.9 Å². The molecular weight excluding hydrogens is 424 g/mol. The highest BCUT2D eigenvalue weighted by Crippen LogP contribution is 2.36. The van der Waals surface area contributed by atoms with Gasteiger partial charge in [0.15, 0.2) is 0 Å². The van der Waals surface area contributed by atoms with Crippen molar-refractivity contribution in [1.82, 2.24) is 10.2 Å². The Balaban J connectivity index is 1.66. The summed E-state index contributed by atoms with van der Waals surface area (Å²) in [6.45, 7) is 0.394. The summed E-state index contributed by atoms with van der Waals surface area (Å²) < 4.78 is 36.1. The van der Waals surface area contributed by atoms with Crippen LogP contribution >= 0.6 is 15.9 Å². The summed E-state index contributed by atoms with van der Waals surface area (Å²) in [6, 6.07) is 10.3. The van der Waals surface area contributed by atoms with Crippen LogP contribution in [0.3, 0.4) is 0 Å². The summed E-state index contributed by atoms with van der Waals surface area (Å²) in [5, 5.41) is 6.94. The van der Waals surface area contributed by atoms with Crippen molar-refractivity contribution in [1.29, 1.82) is 0 Å². The highest BCUT2D eigenvalue weighted by atomic mass is 79.9. The van der Waals surface area contributed by atoms with Gasteiger partial charge in [-0.3, -0.25) is 4.79 Å². The number of halogens is 3. The fraction of sp³-hybridized carbons (Fsp3) is 0.167. The van der Waals surface area contributed by atoms with E-state index in [2.05, 4.69) is 26.1 Å². The maximum Gasteiger partial charge on any atom is 0.314 e. The Morgan fingerprint density at radius 2 is 2.04 bits per heavy atom. The molecule has 1 aliphatic heterocycles. The van der Waals surface area contributed by atoms with Crippen molar-refractivity contribution in [2.45, 2.75) is 13.0 Å². The van der Waals surface area contributed by atoms with E-state index >= 15 is 0 Å². The number of carbonyl (C=O) groups is 1. The lowest BCUT2D eigenvalue weighted by Gasteiger charge is -2.18. The monoisotopic (exact) mass is 435 g/mol. The number of carbonyl (C=O) groups excluding carboxylic acids is 1. The Bertz CT molecular complexity index is 1040. The molecule has 1 amide bonds. The lowest BCUT2D eigenvalue weighted by molar-refractivity contribution is 0.0996. The summed E-state index contributed by atoms with van der Waals surface area (Å²) in [5.41, 5.74) is 2.40. The average molecular weight is 436 g/mol. The molecule has 2 heterocycles. The quantitative estimate of drug-likeness (QED) is 0.598. The minimum Gasteiger partial charge on any atom is -0.497 e. The molecule has 1 aliphatic rings. The van der Waals surface area contributed by atoms with Crippen LogP contribution in [0.25, 0.3) is 11.5 Å². The van der Waals surface area contributed by atoms with E-state index in [1.807, 2.05) is 0 Å². The third-order valence-electron chi connectivity index (χ3n) is 4.23. The first kappa shape index (κ1) is 17.6. The van der Waals surface area contributed by atoms with E-state index in [9.17, 15) is 13.6 Å². The van der Waals surface area contributed by atoms with Gasteiger partial charge in [0, 0.05) is 15.6 Å². The van der Waals surface area contributed by atoms with Gasteiger partial charge in [0.25, 0.3) is 11.8 Å². The van der Waals surface area contributed by atoms with E-state index in [0.717, 1.165) is 10.0 Å². The average Bonchev–Trinajstić information content (AvgIpc) is 3.27. The molecule has 0 aliphatic carbocycles. The SMILES string of the molecule is COc1ccc(N2Cc3ccc(-c4nnc(C(F)F)o4)cc3C2=O)c(Br)c1. The number of fused-ring (bicyclic) bond motifs is 1. The normalized spacial score (nSPS) is 13.4. The van der Waals surface area contributed by atoms with Crippen molar-refractivity contribution in [3.63, 3.8) is 0 Å². The summed E-state index contributed by atoms with van der Waals surface area (Å²) >= 11 is 3.46. The van der Waals surface area contributed by atoms with E-state index in [0.29, 0.717) is 29.1 Å². The maximum atomic E-state index is 12.9. The van der Waals surface area contributed by atoms with Gasteiger partial charge in [-0.15, -0.1) is 10.2 Å². The number of anilines is 1. The first-order valence-corrected chi connectivity index (χ1v) is 8.67. The highest BCUT2D eigenvalue weighted by Gasteiger charge is 2.30. The van der Waals surface area contributed by atoms with Crippen molar-refractivity contribution in [2.24, 2.45) is 0 Å². The van der Waals surface area contributed by atoms with Crippen LogP contribution in [0.15, 0.2) is 45.3 Å². The van der Waals surface area contributed by atoms with Crippen LogP contribution in [0.5, 0.6) is 5.75 Å². The Morgan fingerprint density at radius 3 is 2.70 bits per heavy atom. The van der Waals surface area contributed by atoms with Crippen molar-refractivity contribution in [3.8, 4) is 17.2 Å². The van der Waals surface area contributed by atoms with Crippen LogP contribution in [0.1, 0.15) is 28.2 Å². The number of amides is 1. The highest BCUT2D eigenvalue weighted by molar-refractivity contribution is 9.10. The van der Waals surface area contributed by atoms with E-state index in [1.54, 1.807) is 48.4 Å². The second kappa shape index (κ2) is 6.73. The number of aromatic nitrogens is 2. The molecular formula is C18H12BrF2N3O3. The van der Waals surface area contributed by atoms with E-state index in [4.69, 9.17) is 9.15 Å². The van der Waals surface area contributed by atoms with Crippen LogP contribution in [0.4, 0.5) is 14.5 Å². The third kappa shape index (κ3) is 3.08. The molecule has 0 unspecified atom stereocenters. The Labute approximate surface area is 160 Å². The number of hydrogen-bond acceptors (Lipinski definition) is 5. The maximum absolute atomic E-state index is 12.9. The van der Waals surface area contributed by atoms with Crippen molar-refractivity contribution in [2.75, 3.05) is 12.0 Å². The van der Waals surface area contributed by atoms with Gasteiger partial charge in [0.1, 0.15) is 5.75 Å². The zero-order valence-electron chi connectivity index (χ0n) is 13.9. The molecule has 0 N–H and O–H groups in total. The molecule has 0 bridgehead atoms. The molecule has 0 fully saturated rings. The Morgan fingerprint density at radius 1 is 1.22 bits per heavy atom. The molecule has 0 saturated heterocycles. The number of nitrogens with zero attached hydrogens (tertiary/aromatic N) is 3. The number of alkyl halides is 2. The second-order valence-electron chi connectivity index (χ2n) is 5.83. The zero-order valence-corrected chi connectivity index (χ0v) is 15.5. The van der Waals surface area contributed by atoms with Gasteiger partial charge in [0.05, 0.1) is 19.3 Å². The van der Waals surface area contributed by atoms with Gasteiger partial charge >= 0.3 is 6.43 Å². The molecule has 0 spiro atoms. The Hall–Kier alpha value is -2.81. The standard InChI is InChI=1S/C18H12BrF2N3O3/c1-26-11-4-5-14(13(19)7-11)24-8-10-3-2-9(6-12(10)18(24)25)16-22-23-17(27-16)15(20)21/h2-7,15H,8H2,1H3. The number of rotatable bonds is 4. The molecule has 6 nitrogen and oxygen atoms in total. The third-order valence-corrected chi connectivity index (χ3v) is 4.87. The number of benzene rings is 2. The lowest BCUT2D eigenvalue weighted by Crippen LogP contribution is -2.23. The smallest absolute Gasteiger partial charge is 0.314 e. The van der Waals surface area contributed by atoms with Gasteiger partial charge in [0.2, 0.25) is 5.89 Å². The van der Waals surface area contributed by atoms with Crippen LogP contribution in [-0.2, 0) is 6.54 Å². The van der Waals surface area contributed by atoms with Gasteiger partial charge in [-0.1, -0.05) is 6.07 Å². The minimum absolute atomic E-state index is 0.0509. The van der Waals surface area contributed by atoms with Crippen LogP contribution in [0, 0.1) is 0 Å². The molecule has 0 atom stereocenters. The summed E-state index contributed by atoms with van der Waals surface area (Å²) in [6.07, 6.45) is -2.84. The van der Waals surface area contributed by atoms with Gasteiger partial charge in [-0.2, -0.15) is 8.78 Å². The van der Waals surface area contributed by atoms with Crippen LogP contribution in [-0.4, -0.2) is 23.2 Å². The van der Waals surface area contributed by atoms with E-state index in [1.165, 1.54) is 0 Å². The first-order chi connectivity index (χ1) is 13.0. The molecule has 4 rings (SSSR count). The molecule has 3 aromatic rings. The topological polar surface area (TPSA) is 68.5 Å². The fourth-order valence-corrected chi connectivity index (χ4v) is 3.47. The molecule has 0 saturated carbocycles. The van der Waals surface area contributed by atoms with E-state index in [-0.39, 0.29) is 11.8 Å². The first-order valence-electron chi connectivity index (χ1n) is 7.88. The minimum atomic E-state index is -2.84. The number of hydrogen-bond donors (Lipinski definition) is 0. The summed E-state index contributed by atoms with van der Waals surface area (Å²) in [5.74, 6) is -0.333. The molecule has 9 heteroatoms. The van der Waals surface area contributed by atoms with Crippen LogP contribution in [0.2, 0.25) is 0 Å². The predicted octanol–water partition coefficient (Wildman–Crippen LogP) is 4.61. The Kier molecular flexibility index (Phi) is 4.39. The summed E-state index contributed by atoms with van der Waals surface area (Å²) in [4.78, 5) is 14.5. The largest absolute Gasteiger partial charge is 0.497 e. The van der Waals surface area contributed by atoms with Gasteiger partial charge in [-0.05, 0) is 51.8 Å². The lowest BCUT2D eigenvalue weighted by atomic mass is 10.1. The molecule has 2 aromatic carbocycles. The van der Waals surface area contributed by atoms with Crippen LogP contribution < -0.4 is 9.64 Å². The van der Waals surface area contributed by atoms with Crippen molar-refractivity contribution < 1.29 is 22.7 Å². The second-order valence-corrected chi connectivity index (χ2v) is 6.68. The van der Waals surface area contributed by atoms with Gasteiger partial charge < -0.3 is 14.1 Å². The molecule has 0 radical (unpaired) electrons. The van der Waals surface area contributed by atoms with E-state index < -0.39 is 12.3 Å². The zero-order chi connectivity index (χ0) is 19.1. The summed E-state index contributed by atoms with van der Waals surface area (Å²) in [7, 11) is 1.57. The number of ether oxygens (including phenoxy) is 1. The number of methoxy groups -OCH3 is 1.